The lowest BCUT2D eigenvalue weighted by atomic mass is 9.91. The number of ether oxygens (including phenoxy) is 1. The fraction of sp³-hybridized carbons (Fsp3) is 0.273. The lowest BCUT2D eigenvalue weighted by molar-refractivity contribution is 0.0932. The summed E-state index contributed by atoms with van der Waals surface area (Å²) in [4.78, 5) is 28.1. The molecule has 1 aromatic heterocycles. The van der Waals surface area contributed by atoms with Gasteiger partial charge in [0.1, 0.15) is 17.1 Å². The minimum Gasteiger partial charge on any atom is -0.497 e. The summed E-state index contributed by atoms with van der Waals surface area (Å²) in [6.45, 7) is 0.209. The van der Waals surface area contributed by atoms with Crippen LogP contribution in [-0.2, 0) is 6.54 Å². The molecular weight excluding hydrogens is 491 g/mol. The van der Waals surface area contributed by atoms with Crippen molar-refractivity contribution in [2.24, 2.45) is 0 Å². The van der Waals surface area contributed by atoms with E-state index in [1.54, 1.807) is 30.0 Å². The van der Waals surface area contributed by atoms with Crippen molar-refractivity contribution >= 4 is 5.91 Å². The average Bonchev–Trinajstić information content (AvgIpc) is 3.24. The molecule has 6 heteroatoms. The molecule has 5 nitrogen and oxygen atoms in total. The minimum absolute atomic E-state index is 0.0400. The van der Waals surface area contributed by atoms with Crippen LogP contribution in [-0.4, -0.2) is 23.6 Å². The van der Waals surface area contributed by atoms with Gasteiger partial charge in [0.25, 0.3) is 11.5 Å². The molecular formula is C33H33FN2O3. The summed E-state index contributed by atoms with van der Waals surface area (Å²) in [5.74, 6) is 0.0212. The van der Waals surface area contributed by atoms with Gasteiger partial charge in [0, 0.05) is 23.4 Å². The van der Waals surface area contributed by atoms with Crippen molar-refractivity contribution in [3.63, 3.8) is 0 Å². The number of methoxy groups -OCH3 is 1. The SMILES string of the molecule is COc1ccc(-c2cn(Cc3ccc(F)cc3)c(=O)c(C(=O)NC3CCCCCC3)c2-c2ccccc2)cc1. The summed E-state index contributed by atoms with van der Waals surface area (Å²) in [7, 11) is 1.61. The molecule has 1 N–H and O–H groups in total. The van der Waals surface area contributed by atoms with Crippen molar-refractivity contribution in [1.82, 2.24) is 9.88 Å². The first-order valence-corrected chi connectivity index (χ1v) is 13.6. The van der Waals surface area contributed by atoms with Crippen LogP contribution in [0, 0.1) is 5.82 Å². The third-order valence-corrected chi connectivity index (χ3v) is 7.43. The number of rotatable bonds is 7. The molecule has 0 spiro atoms. The van der Waals surface area contributed by atoms with Gasteiger partial charge in [-0.15, -0.1) is 0 Å². The van der Waals surface area contributed by atoms with Crippen molar-refractivity contribution in [2.45, 2.75) is 51.1 Å². The number of halogens is 1. The fourth-order valence-electron chi connectivity index (χ4n) is 5.35. The van der Waals surface area contributed by atoms with Gasteiger partial charge in [0.05, 0.1) is 13.7 Å². The van der Waals surface area contributed by atoms with Crippen molar-refractivity contribution in [3.8, 4) is 28.0 Å². The highest BCUT2D eigenvalue weighted by atomic mass is 19.1. The molecule has 4 aromatic rings. The first-order valence-electron chi connectivity index (χ1n) is 13.6. The number of pyridine rings is 1. The fourth-order valence-corrected chi connectivity index (χ4v) is 5.35. The zero-order valence-corrected chi connectivity index (χ0v) is 22.2. The predicted octanol–water partition coefficient (Wildman–Crippen LogP) is 6.83. The standard InChI is InChI=1S/C33H33FN2O3/c1-39-28-19-15-24(16-20-28)29-22-36(21-23-13-17-26(34)18-14-23)33(38)31(30(29)25-9-5-4-6-10-25)32(37)35-27-11-7-2-3-8-12-27/h4-6,9-10,13-20,22,27H,2-3,7-8,11-12,21H2,1H3,(H,35,37). The Balaban J connectivity index is 1.70. The highest BCUT2D eigenvalue weighted by molar-refractivity contribution is 6.04. The smallest absolute Gasteiger partial charge is 0.264 e. The molecule has 200 valence electrons. The van der Waals surface area contributed by atoms with Crippen molar-refractivity contribution < 1.29 is 13.9 Å². The lowest BCUT2D eigenvalue weighted by Gasteiger charge is -2.21. The Morgan fingerprint density at radius 3 is 2.21 bits per heavy atom. The Labute approximate surface area is 228 Å². The van der Waals surface area contributed by atoms with Crippen LogP contribution < -0.4 is 15.6 Å². The summed E-state index contributed by atoms with van der Waals surface area (Å²) >= 11 is 0. The third kappa shape index (κ3) is 6.11. The van der Waals surface area contributed by atoms with Crippen molar-refractivity contribution in [2.75, 3.05) is 7.11 Å². The molecule has 0 radical (unpaired) electrons. The van der Waals surface area contributed by atoms with Crippen molar-refractivity contribution in [3.05, 3.63) is 112 Å². The van der Waals surface area contributed by atoms with Gasteiger partial charge in [0.2, 0.25) is 0 Å². The van der Waals surface area contributed by atoms with Gasteiger partial charge < -0.3 is 14.6 Å². The Morgan fingerprint density at radius 1 is 0.897 bits per heavy atom. The lowest BCUT2D eigenvalue weighted by Crippen LogP contribution is -2.39. The highest BCUT2D eigenvalue weighted by Crippen LogP contribution is 2.35. The number of benzene rings is 3. The monoisotopic (exact) mass is 524 g/mol. The molecule has 1 saturated carbocycles. The second kappa shape index (κ2) is 12.1. The number of aromatic nitrogens is 1. The molecule has 5 rings (SSSR count). The van der Waals surface area contributed by atoms with Gasteiger partial charge in [-0.05, 0) is 53.8 Å². The zero-order chi connectivity index (χ0) is 27.2. The second-order valence-electron chi connectivity index (χ2n) is 10.1. The Morgan fingerprint density at radius 2 is 1.56 bits per heavy atom. The van der Waals surface area contributed by atoms with Crippen LogP contribution in [0.15, 0.2) is 89.9 Å². The van der Waals surface area contributed by atoms with E-state index in [1.807, 2.05) is 54.6 Å². The van der Waals surface area contributed by atoms with Crippen LogP contribution in [0.4, 0.5) is 4.39 Å². The Hall–Kier alpha value is -4.19. The van der Waals surface area contributed by atoms with E-state index in [4.69, 9.17) is 4.74 Å². The van der Waals surface area contributed by atoms with Gasteiger partial charge in [-0.3, -0.25) is 9.59 Å². The van der Waals surface area contributed by atoms with Gasteiger partial charge in [-0.1, -0.05) is 80.3 Å². The maximum Gasteiger partial charge on any atom is 0.264 e. The Kier molecular flexibility index (Phi) is 8.21. The van der Waals surface area contributed by atoms with Crippen LogP contribution in [0.2, 0.25) is 0 Å². The maximum atomic E-state index is 14.1. The molecule has 1 amide bonds. The molecule has 1 fully saturated rings. The van der Waals surface area contributed by atoms with E-state index in [9.17, 15) is 14.0 Å². The van der Waals surface area contributed by atoms with Crippen LogP contribution in [0.1, 0.15) is 54.4 Å². The van der Waals surface area contributed by atoms with E-state index in [-0.39, 0.29) is 35.4 Å². The van der Waals surface area contributed by atoms with E-state index < -0.39 is 0 Å². The van der Waals surface area contributed by atoms with Crippen LogP contribution >= 0.6 is 0 Å². The summed E-state index contributed by atoms with van der Waals surface area (Å²) in [5.41, 5.74) is 3.53. The molecule has 0 atom stereocenters. The maximum absolute atomic E-state index is 14.1. The van der Waals surface area contributed by atoms with Gasteiger partial charge >= 0.3 is 0 Å². The summed E-state index contributed by atoms with van der Waals surface area (Å²) in [6, 6.07) is 23.3. The molecule has 1 aliphatic carbocycles. The van der Waals surface area contributed by atoms with Crippen LogP contribution in [0.25, 0.3) is 22.3 Å². The Bertz CT molecular complexity index is 1470. The number of amides is 1. The quantitative estimate of drug-likeness (QED) is 0.270. The number of nitrogens with zero attached hydrogens (tertiary/aromatic N) is 1. The number of carbonyl (C=O) groups excluding carboxylic acids is 1. The van der Waals surface area contributed by atoms with E-state index >= 15 is 0 Å². The summed E-state index contributed by atoms with van der Waals surface area (Å²) in [6.07, 6.45) is 8.09. The highest BCUT2D eigenvalue weighted by Gasteiger charge is 2.26. The molecule has 0 bridgehead atoms. The van der Waals surface area contributed by atoms with Crippen LogP contribution in [0.5, 0.6) is 5.75 Å². The van der Waals surface area contributed by atoms with Crippen LogP contribution in [0.3, 0.4) is 0 Å². The molecule has 3 aromatic carbocycles. The predicted molar refractivity (Wildman–Crippen MR) is 153 cm³/mol. The molecule has 39 heavy (non-hydrogen) atoms. The molecule has 0 aliphatic heterocycles. The molecule has 0 unspecified atom stereocenters. The molecule has 1 aliphatic rings. The third-order valence-electron chi connectivity index (χ3n) is 7.43. The average molecular weight is 525 g/mol. The van der Waals surface area contributed by atoms with E-state index in [2.05, 4.69) is 5.32 Å². The summed E-state index contributed by atoms with van der Waals surface area (Å²) in [5, 5.41) is 3.20. The number of hydrogen-bond donors (Lipinski definition) is 1. The first-order chi connectivity index (χ1) is 19.0. The van der Waals surface area contributed by atoms with Gasteiger partial charge in [-0.25, -0.2) is 4.39 Å². The minimum atomic E-state index is -0.374. The normalized spacial score (nSPS) is 14.0. The number of hydrogen-bond acceptors (Lipinski definition) is 3. The first kappa shape index (κ1) is 26.4. The van der Waals surface area contributed by atoms with Gasteiger partial charge in [0.15, 0.2) is 0 Å². The summed E-state index contributed by atoms with van der Waals surface area (Å²) < 4.78 is 20.5. The van der Waals surface area contributed by atoms with Crippen molar-refractivity contribution in [1.29, 1.82) is 0 Å². The van der Waals surface area contributed by atoms with E-state index in [1.165, 1.54) is 25.0 Å². The molecule has 1 heterocycles. The zero-order valence-electron chi connectivity index (χ0n) is 22.2. The number of carbonyl (C=O) groups is 1. The molecule has 0 saturated heterocycles. The van der Waals surface area contributed by atoms with E-state index in [0.29, 0.717) is 11.3 Å². The van der Waals surface area contributed by atoms with E-state index in [0.717, 1.165) is 47.9 Å². The topological polar surface area (TPSA) is 60.3 Å². The van der Waals surface area contributed by atoms with Gasteiger partial charge in [-0.2, -0.15) is 0 Å². The second-order valence-corrected chi connectivity index (χ2v) is 10.1. The number of nitrogens with one attached hydrogen (secondary N) is 1. The largest absolute Gasteiger partial charge is 0.497 e.